The van der Waals surface area contributed by atoms with E-state index >= 15 is 0 Å². The number of amidine groups is 1. The first-order chi connectivity index (χ1) is 10.0. The summed E-state index contributed by atoms with van der Waals surface area (Å²) >= 11 is 6.23. The Labute approximate surface area is 130 Å². The zero-order valence-electron chi connectivity index (χ0n) is 11.9. The molecule has 0 amide bonds. The van der Waals surface area contributed by atoms with Gasteiger partial charge in [0.15, 0.2) is 0 Å². The van der Waals surface area contributed by atoms with E-state index < -0.39 is 0 Å². The average Bonchev–Trinajstić information content (AvgIpc) is 2.48. The minimum atomic E-state index is 0.0643. The van der Waals surface area contributed by atoms with Crippen molar-refractivity contribution in [2.75, 3.05) is 5.32 Å². The van der Waals surface area contributed by atoms with Crippen LogP contribution in [-0.2, 0) is 6.42 Å². The highest BCUT2D eigenvalue weighted by Gasteiger charge is 1.98. The van der Waals surface area contributed by atoms with Crippen molar-refractivity contribution in [3.05, 3.63) is 76.5 Å². The Kier molecular flexibility index (Phi) is 5.01. The third kappa shape index (κ3) is 4.65. The summed E-state index contributed by atoms with van der Waals surface area (Å²) in [4.78, 5) is 0. The maximum absolute atomic E-state index is 7.34. The lowest BCUT2D eigenvalue weighted by Gasteiger charge is -2.05. The molecule has 2 aromatic carbocycles. The molecule has 0 aliphatic carbocycles. The molecule has 21 heavy (non-hydrogen) atoms. The van der Waals surface area contributed by atoms with Gasteiger partial charge in [-0.1, -0.05) is 41.4 Å². The standard InChI is InChI=1S/C17H18ClN3/c1-12-2-4-13(5-3-12)10-15(18)11-21-16-8-6-14(7-9-16)17(19)20/h2-9,11,21H,10H2,1H3,(H3,19,20)/b15-11-. The molecule has 0 saturated heterocycles. The summed E-state index contributed by atoms with van der Waals surface area (Å²) in [5, 5.41) is 11.2. The molecule has 3 nitrogen and oxygen atoms in total. The van der Waals surface area contributed by atoms with Crippen molar-refractivity contribution in [2.45, 2.75) is 13.3 Å². The van der Waals surface area contributed by atoms with Crippen LogP contribution in [0.4, 0.5) is 5.69 Å². The minimum absolute atomic E-state index is 0.0643. The second kappa shape index (κ2) is 6.95. The van der Waals surface area contributed by atoms with Crippen molar-refractivity contribution >= 4 is 23.1 Å². The van der Waals surface area contributed by atoms with E-state index in [4.69, 9.17) is 22.7 Å². The monoisotopic (exact) mass is 299 g/mol. The van der Waals surface area contributed by atoms with Crippen LogP contribution in [0.15, 0.2) is 59.8 Å². The Morgan fingerprint density at radius 2 is 1.76 bits per heavy atom. The van der Waals surface area contributed by atoms with Gasteiger partial charge in [0.05, 0.1) is 0 Å². The molecule has 0 heterocycles. The van der Waals surface area contributed by atoms with Gasteiger partial charge in [0.25, 0.3) is 0 Å². The average molecular weight is 300 g/mol. The van der Waals surface area contributed by atoms with Crippen LogP contribution < -0.4 is 11.1 Å². The van der Waals surface area contributed by atoms with Crippen molar-refractivity contribution in [1.82, 2.24) is 0 Å². The number of anilines is 1. The second-order valence-electron chi connectivity index (χ2n) is 4.89. The fourth-order valence-corrected chi connectivity index (χ4v) is 2.07. The first-order valence-corrected chi connectivity index (χ1v) is 7.03. The molecular weight excluding hydrogens is 282 g/mol. The summed E-state index contributed by atoms with van der Waals surface area (Å²) in [6.45, 7) is 2.06. The van der Waals surface area contributed by atoms with E-state index in [1.165, 1.54) is 11.1 Å². The largest absolute Gasteiger partial charge is 0.384 e. The van der Waals surface area contributed by atoms with E-state index in [0.717, 1.165) is 10.7 Å². The Morgan fingerprint density at radius 1 is 1.14 bits per heavy atom. The fourth-order valence-electron chi connectivity index (χ4n) is 1.86. The predicted molar refractivity (Wildman–Crippen MR) is 89.9 cm³/mol. The van der Waals surface area contributed by atoms with Gasteiger partial charge in [-0.15, -0.1) is 0 Å². The topological polar surface area (TPSA) is 61.9 Å². The van der Waals surface area contributed by atoms with Gasteiger partial charge in [-0.2, -0.15) is 0 Å². The summed E-state index contributed by atoms with van der Waals surface area (Å²) in [7, 11) is 0. The van der Waals surface area contributed by atoms with Crippen LogP contribution >= 0.6 is 11.6 Å². The van der Waals surface area contributed by atoms with E-state index in [9.17, 15) is 0 Å². The number of nitrogens with one attached hydrogen (secondary N) is 2. The Morgan fingerprint density at radius 3 is 2.33 bits per heavy atom. The lowest BCUT2D eigenvalue weighted by Crippen LogP contribution is -2.10. The number of hydrogen-bond donors (Lipinski definition) is 3. The number of nitrogens with two attached hydrogens (primary N) is 1. The molecular formula is C17H18ClN3. The van der Waals surface area contributed by atoms with Crippen LogP contribution in [0.3, 0.4) is 0 Å². The molecule has 0 atom stereocenters. The first-order valence-electron chi connectivity index (χ1n) is 6.65. The summed E-state index contributed by atoms with van der Waals surface area (Å²) in [6.07, 6.45) is 2.48. The van der Waals surface area contributed by atoms with E-state index in [0.29, 0.717) is 12.0 Å². The molecule has 0 aliphatic rings. The SMILES string of the molecule is Cc1ccc(C/C(Cl)=C/Nc2ccc(C(=N)N)cc2)cc1. The summed E-state index contributed by atoms with van der Waals surface area (Å²) in [5.41, 5.74) is 9.44. The number of hydrogen-bond acceptors (Lipinski definition) is 2. The van der Waals surface area contributed by atoms with Gasteiger partial charge in [-0.25, -0.2) is 0 Å². The fraction of sp³-hybridized carbons (Fsp3) is 0.118. The molecule has 2 rings (SSSR count). The quantitative estimate of drug-likeness (QED) is 0.577. The van der Waals surface area contributed by atoms with Crippen LogP contribution in [0.1, 0.15) is 16.7 Å². The Balaban J connectivity index is 1.96. The van der Waals surface area contributed by atoms with Crippen molar-refractivity contribution in [3.63, 3.8) is 0 Å². The van der Waals surface area contributed by atoms with Crippen molar-refractivity contribution in [2.24, 2.45) is 5.73 Å². The predicted octanol–water partition coefficient (Wildman–Crippen LogP) is 4.01. The van der Waals surface area contributed by atoms with Gasteiger partial charge >= 0.3 is 0 Å². The lowest BCUT2D eigenvalue weighted by molar-refractivity contribution is 1.22. The molecule has 0 fully saturated rings. The Hall–Kier alpha value is -2.26. The van der Waals surface area contributed by atoms with E-state index in [-0.39, 0.29) is 5.84 Å². The smallest absolute Gasteiger partial charge is 0.122 e. The van der Waals surface area contributed by atoms with Crippen LogP contribution in [0.25, 0.3) is 0 Å². The summed E-state index contributed by atoms with van der Waals surface area (Å²) in [5.74, 6) is 0.0643. The summed E-state index contributed by atoms with van der Waals surface area (Å²) in [6, 6.07) is 15.6. The first kappa shape index (κ1) is 15.1. The van der Waals surface area contributed by atoms with Crippen LogP contribution in [0.2, 0.25) is 0 Å². The van der Waals surface area contributed by atoms with Gasteiger partial charge < -0.3 is 11.1 Å². The van der Waals surface area contributed by atoms with Crippen molar-refractivity contribution in [1.29, 1.82) is 5.41 Å². The third-order valence-corrected chi connectivity index (χ3v) is 3.33. The van der Waals surface area contributed by atoms with Crippen molar-refractivity contribution < 1.29 is 0 Å². The summed E-state index contributed by atoms with van der Waals surface area (Å²) < 4.78 is 0. The highest BCUT2D eigenvalue weighted by atomic mass is 35.5. The van der Waals surface area contributed by atoms with Gasteiger partial charge in [0.2, 0.25) is 0 Å². The molecule has 0 bridgehead atoms. The zero-order chi connectivity index (χ0) is 15.2. The number of halogens is 1. The van der Waals surface area contributed by atoms with Gasteiger partial charge in [-0.3, -0.25) is 5.41 Å². The van der Waals surface area contributed by atoms with Gasteiger partial charge in [-0.05, 0) is 36.8 Å². The molecule has 108 valence electrons. The third-order valence-electron chi connectivity index (χ3n) is 3.08. The van der Waals surface area contributed by atoms with Crippen molar-refractivity contribution in [3.8, 4) is 0 Å². The Bertz CT molecular complexity index is 643. The van der Waals surface area contributed by atoms with Crippen LogP contribution in [-0.4, -0.2) is 5.84 Å². The van der Waals surface area contributed by atoms with E-state index in [1.54, 1.807) is 18.3 Å². The molecule has 0 aliphatic heterocycles. The van der Waals surface area contributed by atoms with Gasteiger partial charge in [0.1, 0.15) is 5.84 Å². The normalized spacial score (nSPS) is 11.2. The molecule has 4 N–H and O–H groups in total. The molecule has 0 aromatic heterocycles. The molecule has 4 heteroatoms. The molecule has 0 unspecified atom stereocenters. The number of benzene rings is 2. The van der Waals surface area contributed by atoms with Gasteiger partial charge in [0, 0.05) is 28.9 Å². The second-order valence-corrected chi connectivity index (χ2v) is 5.37. The molecule has 0 radical (unpaired) electrons. The number of nitrogen functional groups attached to an aromatic ring is 1. The van der Waals surface area contributed by atoms with Crippen LogP contribution in [0.5, 0.6) is 0 Å². The number of aryl methyl sites for hydroxylation is 1. The minimum Gasteiger partial charge on any atom is -0.384 e. The zero-order valence-corrected chi connectivity index (χ0v) is 12.6. The number of allylic oxidation sites excluding steroid dienone is 1. The lowest BCUT2D eigenvalue weighted by atomic mass is 10.1. The molecule has 0 spiro atoms. The highest BCUT2D eigenvalue weighted by molar-refractivity contribution is 6.29. The maximum Gasteiger partial charge on any atom is 0.122 e. The molecule has 0 saturated carbocycles. The maximum atomic E-state index is 7.34. The van der Waals surface area contributed by atoms with E-state index in [2.05, 4.69) is 36.5 Å². The van der Waals surface area contributed by atoms with Crippen LogP contribution in [0, 0.1) is 12.3 Å². The van der Waals surface area contributed by atoms with E-state index in [1.807, 2.05) is 12.1 Å². The molecule has 2 aromatic rings. The highest BCUT2D eigenvalue weighted by Crippen LogP contribution is 2.14. The number of rotatable bonds is 5.